The van der Waals surface area contributed by atoms with Crippen LogP contribution in [0.4, 0.5) is 19.0 Å². The molecular weight excluding hydrogens is 283 g/mol. The van der Waals surface area contributed by atoms with E-state index in [1.807, 2.05) is 13.8 Å². The Balaban J connectivity index is 2.42. The molecule has 0 spiro atoms. The average molecular weight is 296 g/mol. The minimum atomic E-state index is -4.62. The molecule has 1 fully saturated rings. The standard InChI is InChI=1S/C11H13ClF3N3O/c1-10(2)6-19-4-3-18(10)8-5-7(12)16-9(17-8)11(13,14)15/h5H,3-4,6H2,1-2H3. The number of alkyl halides is 3. The maximum absolute atomic E-state index is 12.7. The number of ether oxygens (including phenoxy) is 1. The van der Waals surface area contributed by atoms with Crippen LogP contribution in [0.2, 0.25) is 5.15 Å². The molecule has 106 valence electrons. The molecule has 1 aromatic heterocycles. The lowest BCUT2D eigenvalue weighted by molar-refractivity contribution is -0.144. The number of hydrogen-bond donors (Lipinski definition) is 0. The molecule has 1 saturated heterocycles. The fourth-order valence-electron chi connectivity index (χ4n) is 1.95. The van der Waals surface area contributed by atoms with Crippen LogP contribution in [0.3, 0.4) is 0 Å². The van der Waals surface area contributed by atoms with Gasteiger partial charge in [-0.2, -0.15) is 13.2 Å². The molecule has 0 N–H and O–H groups in total. The van der Waals surface area contributed by atoms with E-state index in [1.165, 1.54) is 6.07 Å². The average Bonchev–Trinajstić information content (AvgIpc) is 2.26. The van der Waals surface area contributed by atoms with Gasteiger partial charge in [0.05, 0.1) is 18.8 Å². The summed E-state index contributed by atoms with van der Waals surface area (Å²) < 4.78 is 43.4. The molecule has 1 aromatic rings. The number of halogens is 4. The van der Waals surface area contributed by atoms with Gasteiger partial charge in [-0.1, -0.05) is 11.6 Å². The predicted molar refractivity (Wildman–Crippen MR) is 64.3 cm³/mol. The van der Waals surface area contributed by atoms with Crippen molar-refractivity contribution in [3.05, 3.63) is 17.0 Å². The maximum Gasteiger partial charge on any atom is 0.451 e. The molecule has 19 heavy (non-hydrogen) atoms. The van der Waals surface area contributed by atoms with Crippen LogP contribution in [0.25, 0.3) is 0 Å². The minimum absolute atomic E-state index is 0.167. The molecule has 0 aromatic carbocycles. The number of nitrogens with zero attached hydrogens (tertiary/aromatic N) is 3. The first kappa shape index (κ1) is 14.3. The van der Waals surface area contributed by atoms with Crippen LogP contribution in [0.15, 0.2) is 6.07 Å². The lowest BCUT2D eigenvalue weighted by atomic mass is 10.0. The molecule has 0 unspecified atom stereocenters. The van der Waals surface area contributed by atoms with Crippen molar-refractivity contribution in [1.82, 2.24) is 9.97 Å². The topological polar surface area (TPSA) is 38.2 Å². The summed E-state index contributed by atoms with van der Waals surface area (Å²) in [6.07, 6.45) is -4.62. The third kappa shape index (κ3) is 3.09. The summed E-state index contributed by atoms with van der Waals surface area (Å²) in [7, 11) is 0. The van der Waals surface area contributed by atoms with Crippen molar-refractivity contribution in [3.63, 3.8) is 0 Å². The quantitative estimate of drug-likeness (QED) is 0.747. The molecule has 0 bridgehead atoms. The first-order valence-electron chi connectivity index (χ1n) is 5.67. The minimum Gasteiger partial charge on any atom is -0.377 e. The highest BCUT2D eigenvalue weighted by Crippen LogP contribution is 2.32. The number of anilines is 1. The fourth-order valence-corrected chi connectivity index (χ4v) is 2.13. The Hall–Kier alpha value is -1.08. The van der Waals surface area contributed by atoms with Crippen molar-refractivity contribution in [3.8, 4) is 0 Å². The highest BCUT2D eigenvalue weighted by Gasteiger charge is 2.37. The second kappa shape index (κ2) is 4.79. The number of rotatable bonds is 1. The maximum atomic E-state index is 12.7. The van der Waals surface area contributed by atoms with E-state index in [-0.39, 0.29) is 11.0 Å². The summed E-state index contributed by atoms with van der Waals surface area (Å²) in [4.78, 5) is 8.54. The first-order chi connectivity index (χ1) is 8.70. The van der Waals surface area contributed by atoms with Gasteiger partial charge in [0, 0.05) is 12.6 Å². The summed E-state index contributed by atoms with van der Waals surface area (Å²) in [5.41, 5.74) is -0.446. The van der Waals surface area contributed by atoms with E-state index < -0.39 is 17.5 Å². The largest absolute Gasteiger partial charge is 0.451 e. The fraction of sp³-hybridized carbons (Fsp3) is 0.636. The molecular formula is C11H13ClF3N3O. The van der Waals surface area contributed by atoms with Gasteiger partial charge in [0.15, 0.2) is 0 Å². The molecule has 0 radical (unpaired) electrons. The van der Waals surface area contributed by atoms with Gasteiger partial charge >= 0.3 is 6.18 Å². The van der Waals surface area contributed by atoms with E-state index in [0.717, 1.165) is 0 Å². The lowest BCUT2D eigenvalue weighted by Crippen LogP contribution is -2.53. The molecule has 4 nitrogen and oxygen atoms in total. The van der Waals surface area contributed by atoms with Gasteiger partial charge in [0.1, 0.15) is 11.0 Å². The number of aromatic nitrogens is 2. The van der Waals surface area contributed by atoms with Crippen molar-refractivity contribution in [1.29, 1.82) is 0 Å². The Morgan fingerprint density at radius 3 is 2.63 bits per heavy atom. The van der Waals surface area contributed by atoms with E-state index in [0.29, 0.717) is 19.8 Å². The van der Waals surface area contributed by atoms with Crippen molar-refractivity contribution >= 4 is 17.4 Å². The van der Waals surface area contributed by atoms with Crippen molar-refractivity contribution < 1.29 is 17.9 Å². The lowest BCUT2D eigenvalue weighted by Gasteiger charge is -2.43. The van der Waals surface area contributed by atoms with Gasteiger partial charge in [-0.15, -0.1) is 0 Å². The van der Waals surface area contributed by atoms with Crippen LogP contribution >= 0.6 is 11.6 Å². The molecule has 0 saturated carbocycles. The Bertz CT molecular complexity index is 479. The van der Waals surface area contributed by atoms with E-state index in [4.69, 9.17) is 16.3 Å². The number of hydrogen-bond acceptors (Lipinski definition) is 4. The van der Waals surface area contributed by atoms with Crippen LogP contribution in [0.5, 0.6) is 0 Å². The highest BCUT2D eigenvalue weighted by molar-refractivity contribution is 6.29. The van der Waals surface area contributed by atoms with Gasteiger partial charge in [0.2, 0.25) is 5.82 Å². The first-order valence-corrected chi connectivity index (χ1v) is 6.05. The smallest absolute Gasteiger partial charge is 0.377 e. The zero-order valence-corrected chi connectivity index (χ0v) is 11.2. The molecule has 1 aliphatic heterocycles. The van der Waals surface area contributed by atoms with Gasteiger partial charge in [-0.3, -0.25) is 0 Å². The summed E-state index contributed by atoms with van der Waals surface area (Å²) >= 11 is 5.66. The Kier molecular flexibility index (Phi) is 3.61. The molecule has 0 atom stereocenters. The van der Waals surface area contributed by atoms with Gasteiger partial charge in [-0.05, 0) is 13.8 Å². The Morgan fingerprint density at radius 2 is 2.05 bits per heavy atom. The third-order valence-electron chi connectivity index (χ3n) is 2.86. The Labute approximate surface area is 113 Å². The highest BCUT2D eigenvalue weighted by atomic mass is 35.5. The zero-order valence-electron chi connectivity index (χ0n) is 10.5. The molecule has 0 amide bonds. The summed E-state index contributed by atoms with van der Waals surface area (Å²) in [5.74, 6) is -1.06. The molecule has 2 heterocycles. The summed E-state index contributed by atoms with van der Waals surface area (Å²) in [5, 5.41) is -0.223. The van der Waals surface area contributed by atoms with Crippen LogP contribution in [0.1, 0.15) is 19.7 Å². The molecule has 1 aliphatic rings. The summed E-state index contributed by atoms with van der Waals surface area (Å²) in [6.45, 7) is 5.05. The second-order valence-electron chi connectivity index (χ2n) is 4.89. The Morgan fingerprint density at radius 1 is 1.37 bits per heavy atom. The summed E-state index contributed by atoms with van der Waals surface area (Å²) in [6, 6.07) is 1.34. The van der Waals surface area contributed by atoms with Crippen LogP contribution in [-0.2, 0) is 10.9 Å². The zero-order chi connectivity index (χ0) is 14.3. The van der Waals surface area contributed by atoms with Gasteiger partial charge < -0.3 is 9.64 Å². The number of morpholine rings is 1. The van der Waals surface area contributed by atoms with E-state index >= 15 is 0 Å². The third-order valence-corrected chi connectivity index (χ3v) is 3.05. The normalized spacial score (nSPS) is 19.6. The molecule has 8 heteroatoms. The monoisotopic (exact) mass is 295 g/mol. The van der Waals surface area contributed by atoms with Crippen LogP contribution < -0.4 is 4.90 Å². The van der Waals surface area contributed by atoms with Crippen LogP contribution in [0, 0.1) is 0 Å². The SMILES string of the molecule is CC1(C)COCCN1c1cc(Cl)nc(C(F)(F)F)n1. The predicted octanol–water partition coefficient (Wildman–Crippen LogP) is 2.76. The van der Waals surface area contributed by atoms with Crippen molar-refractivity contribution in [2.45, 2.75) is 25.6 Å². The van der Waals surface area contributed by atoms with E-state index in [1.54, 1.807) is 4.90 Å². The van der Waals surface area contributed by atoms with Gasteiger partial charge in [0.25, 0.3) is 0 Å². The van der Waals surface area contributed by atoms with E-state index in [2.05, 4.69) is 9.97 Å². The van der Waals surface area contributed by atoms with E-state index in [9.17, 15) is 13.2 Å². The van der Waals surface area contributed by atoms with Crippen LogP contribution in [-0.4, -0.2) is 35.3 Å². The van der Waals surface area contributed by atoms with Crippen molar-refractivity contribution in [2.24, 2.45) is 0 Å². The molecule has 0 aliphatic carbocycles. The van der Waals surface area contributed by atoms with Gasteiger partial charge in [-0.25, -0.2) is 9.97 Å². The molecule has 2 rings (SSSR count). The van der Waals surface area contributed by atoms with Crippen molar-refractivity contribution in [2.75, 3.05) is 24.7 Å². The second-order valence-corrected chi connectivity index (χ2v) is 5.27.